The van der Waals surface area contributed by atoms with E-state index >= 15 is 0 Å². The predicted octanol–water partition coefficient (Wildman–Crippen LogP) is 2.77. The van der Waals surface area contributed by atoms with Gasteiger partial charge in [0.1, 0.15) is 5.69 Å². The number of fused-ring (bicyclic) bond motifs is 1. The molecular weight excluding hydrogens is 360 g/mol. The monoisotopic (exact) mass is 378 g/mol. The first-order valence-corrected chi connectivity index (χ1v) is 8.64. The Hall–Kier alpha value is -3.88. The van der Waals surface area contributed by atoms with Crippen LogP contribution in [-0.2, 0) is 13.6 Å². The van der Waals surface area contributed by atoms with E-state index in [1.807, 2.05) is 22.9 Å². The zero-order chi connectivity index (χ0) is 19.5. The zero-order valence-corrected chi connectivity index (χ0v) is 15.1. The van der Waals surface area contributed by atoms with Crippen molar-refractivity contribution in [3.8, 4) is 11.6 Å². The summed E-state index contributed by atoms with van der Waals surface area (Å²) in [5.74, 6) is 0.347. The summed E-state index contributed by atoms with van der Waals surface area (Å²) in [4.78, 5) is 24.0. The molecule has 3 heterocycles. The van der Waals surface area contributed by atoms with Crippen LogP contribution in [0.3, 0.4) is 0 Å². The van der Waals surface area contributed by atoms with Crippen molar-refractivity contribution in [2.24, 2.45) is 7.05 Å². The summed E-state index contributed by atoms with van der Waals surface area (Å²) >= 11 is 0. The van der Waals surface area contributed by atoms with E-state index in [0.717, 1.165) is 11.9 Å². The van der Waals surface area contributed by atoms with Crippen LogP contribution in [0.25, 0.3) is 10.9 Å². The van der Waals surface area contributed by atoms with Gasteiger partial charge in [-0.1, -0.05) is 12.1 Å². The molecule has 0 amide bonds. The van der Waals surface area contributed by atoms with Crippen molar-refractivity contribution >= 4 is 22.8 Å². The molecule has 4 rings (SSSR count). The van der Waals surface area contributed by atoms with E-state index in [9.17, 15) is 9.90 Å². The van der Waals surface area contributed by atoms with Crippen molar-refractivity contribution in [2.45, 2.75) is 6.54 Å². The second-order valence-corrected chi connectivity index (χ2v) is 6.14. The van der Waals surface area contributed by atoms with Gasteiger partial charge in [-0.3, -0.25) is 0 Å². The van der Waals surface area contributed by atoms with Crippen LogP contribution in [0.15, 0.2) is 55.2 Å². The van der Waals surface area contributed by atoms with Gasteiger partial charge in [-0.05, 0) is 12.1 Å². The number of imidazole rings is 1. The minimum Gasteiger partial charge on any atom is -0.477 e. The molecule has 2 N–H and O–H groups in total. The fraction of sp³-hybridized carbons (Fsp3) is 0.158. The summed E-state index contributed by atoms with van der Waals surface area (Å²) in [6.45, 7) is 1.37. The van der Waals surface area contributed by atoms with E-state index in [4.69, 9.17) is 4.74 Å². The first-order valence-electron chi connectivity index (χ1n) is 8.64. The van der Waals surface area contributed by atoms with Gasteiger partial charge in [0.05, 0.1) is 11.8 Å². The van der Waals surface area contributed by atoms with Crippen LogP contribution in [0, 0.1) is 0 Å². The topological polar surface area (TPSA) is 107 Å². The third kappa shape index (κ3) is 3.50. The van der Waals surface area contributed by atoms with Crippen LogP contribution in [0.2, 0.25) is 0 Å². The Morgan fingerprint density at radius 3 is 2.96 bits per heavy atom. The first-order chi connectivity index (χ1) is 13.6. The van der Waals surface area contributed by atoms with Crippen LogP contribution < -0.4 is 10.1 Å². The second kappa shape index (κ2) is 7.39. The number of aryl methyl sites for hydroxylation is 1. The lowest BCUT2D eigenvalue weighted by atomic mass is 10.2. The molecule has 0 atom stereocenters. The Bertz CT molecular complexity index is 1120. The Kier molecular flexibility index (Phi) is 4.63. The molecule has 9 heteroatoms. The number of carboxylic acids is 1. The average molecular weight is 378 g/mol. The quantitative estimate of drug-likeness (QED) is 0.509. The minimum absolute atomic E-state index is 0.190. The SMILES string of the molecule is Cn1c(C(=O)O)cc2cccc(Oc3ccnc(NCCn4ccnc4)n3)c21. The van der Waals surface area contributed by atoms with E-state index in [2.05, 4.69) is 20.3 Å². The van der Waals surface area contributed by atoms with Crippen LogP contribution in [0.1, 0.15) is 10.5 Å². The molecule has 0 aliphatic carbocycles. The number of benzene rings is 1. The van der Waals surface area contributed by atoms with Gasteiger partial charge in [-0.2, -0.15) is 4.98 Å². The van der Waals surface area contributed by atoms with Gasteiger partial charge in [0.25, 0.3) is 0 Å². The fourth-order valence-corrected chi connectivity index (χ4v) is 2.98. The van der Waals surface area contributed by atoms with Crippen molar-refractivity contribution in [3.63, 3.8) is 0 Å². The highest BCUT2D eigenvalue weighted by atomic mass is 16.5. The number of hydrogen-bond donors (Lipinski definition) is 2. The molecule has 9 nitrogen and oxygen atoms in total. The maximum absolute atomic E-state index is 11.4. The van der Waals surface area contributed by atoms with Gasteiger partial charge in [-0.15, -0.1) is 0 Å². The van der Waals surface area contributed by atoms with Crippen LogP contribution in [0.5, 0.6) is 11.6 Å². The van der Waals surface area contributed by atoms with Crippen LogP contribution in [-0.4, -0.2) is 41.7 Å². The number of nitrogens with zero attached hydrogens (tertiary/aromatic N) is 5. The van der Waals surface area contributed by atoms with Crippen LogP contribution in [0.4, 0.5) is 5.95 Å². The van der Waals surface area contributed by atoms with E-state index < -0.39 is 5.97 Å². The zero-order valence-electron chi connectivity index (χ0n) is 15.1. The molecule has 0 unspecified atom stereocenters. The predicted molar refractivity (Wildman–Crippen MR) is 103 cm³/mol. The highest BCUT2D eigenvalue weighted by Gasteiger charge is 2.16. The molecule has 0 saturated heterocycles. The molecule has 1 aromatic carbocycles. The molecule has 3 aromatic heterocycles. The number of nitrogens with one attached hydrogen (secondary N) is 1. The molecule has 0 radical (unpaired) electrons. The van der Waals surface area contributed by atoms with E-state index in [-0.39, 0.29) is 5.69 Å². The maximum atomic E-state index is 11.4. The Balaban J connectivity index is 1.53. The fourth-order valence-electron chi connectivity index (χ4n) is 2.98. The van der Waals surface area contributed by atoms with E-state index in [1.165, 1.54) is 0 Å². The Labute approximate surface area is 160 Å². The van der Waals surface area contributed by atoms with Gasteiger partial charge in [-0.25, -0.2) is 14.8 Å². The lowest BCUT2D eigenvalue weighted by Gasteiger charge is -2.10. The molecule has 4 aromatic rings. The third-order valence-electron chi connectivity index (χ3n) is 4.30. The number of aromatic nitrogens is 5. The normalized spacial score (nSPS) is 10.9. The summed E-state index contributed by atoms with van der Waals surface area (Å²) in [5, 5.41) is 13.3. The van der Waals surface area contributed by atoms with Crippen molar-refractivity contribution < 1.29 is 14.6 Å². The number of carbonyl (C=O) groups is 1. The lowest BCUT2D eigenvalue weighted by molar-refractivity contribution is 0.0687. The summed E-state index contributed by atoms with van der Waals surface area (Å²) in [5.41, 5.74) is 0.878. The van der Waals surface area contributed by atoms with Gasteiger partial charge >= 0.3 is 5.97 Å². The molecule has 0 bridgehead atoms. The summed E-state index contributed by atoms with van der Waals surface area (Å²) in [7, 11) is 1.70. The number of carboxylic acid groups (broad SMARTS) is 1. The molecular formula is C19H18N6O3. The molecule has 0 aliphatic heterocycles. The Morgan fingerprint density at radius 2 is 2.18 bits per heavy atom. The third-order valence-corrected chi connectivity index (χ3v) is 4.30. The van der Waals surface area contributed by atoms with Gasteiger partial charge in [0.15, 0.2) is 5.75 Å². The van der Waals surface area contributed by atoms with Gasteiger partial charge < -0.3 is 24.3 Å². The molecule has 28 heavy (non-hydrogen) atoms. The average Bonchev–Trinajstić information content (AvgIpc) is 3.31. The standard InChI is InChI=1S/C19H18N6O3/c1-24-14(18(26)27)11-13-3-2-4-15(17(13)24)28-16-5-6-21-19(23-16)22-8-10-25-9-7-20-12-25/h2-7,9,11-12H,8,10H2,1H3,(H,26,27)(H,21,22,23). The van der Waals surface area contributed by atoms with Gasteiger partial charge in [0, 0.05) is 50.2 Å². The second-order valence-electron chi connectivity index (χ2n) is 6.14. The number of aromatic carboxylic acids is 1. The highest BCUT2D eigenvalue weighted by Crippen LogP contribution is 2.31. The number of anilines is 1. The van der Waals surface area contributed by atoms with Crippen molar-refractivity contribution in [1.29, 1.82) is 0 Å². The largest absolute Gasteiger partial charge is 0.477 e. The van der Waals surface area contributed by atoms with E-state index in [0.29, 0.717) is 29.6 Å². The Morgan fingerprint density at radius 1 is 1.29 bits per heavy atom. The summed E-state index contributed by atoms with van der Waals surface area (Å²) in [6.07, 6.45) is 6.96. The van der Waals surface area contributed by atoms with E-state index in [1.54, 1.807) is 48.5 Å². The van der Waals surface area contributed by atoms with Crippen LogP contribution >= 0.6 is 0 Å². The molecule has 0 saturated carbocycles. The molecule has 142 valence electrons. The number of para-hydroxylation sites is 1. The number of ether oxygens (including phenoxy) is 1. The maximum Gasteiger partial charge on any atom is 0.352 e. The van der Waals surface area contributed by atoms with Crippen molar-refractivity contribution in [3.05, 3.63) is 60.9 Å². The number of hydrogen-bond acceptors (Lipinski definition) is 6. The van der Waals surface area contributed by atoms with Crippen molar-refractivity contribution in [1.82, 2.24) is 24.1 Å². The highest BCUT2D eigenvalue weighted by molar-refractivity contribution is 5.96. The van der Waals surface area contributed by atoms with Gasteiger partial charge in [0.2, 0.25) is 11.8 Å². The molecule has 0 aliphatic rings. The summed E-state index contributed by atoms with van der Waals surface area (Å²) in [6, 6.07) is 8.71. The molecule has 0 fully saturated rings. The summed E-state index contributed by atoms with van der Waals surface area (Å²) < 4.78 is 9.48. The minimum atomic E-state index is -0.990. The first kappa shape index (κ1) is 17.5. The molecule has 0 spiro atoms. The smallest absolute Gasteiger partial charge is 0.352 e. The lowest BCUT2D eigenvalue weighted by Crippen LogP contribution is -2.11. The number of rotatable bonds is 7. The van der Waals surface area contributed by atoms with Crippen molar-refractivity contribution in [2.75, 3.05) is 11.9 Å².